The molecule has 2 saturated heterocycles. The largest absolute Gasteiger partial charge is 0.496 e. The van der Waals surface area contributed by atoms with E-state index in [2.05, 4.69) is 10.6 Å². The number of anilines is 1. The Morgan fingerprint density at radius 2 is 1.85 bits per heavy atom. The van der Waals surface area contributed by atoms with Gasteiger partial charge in [-0.25, -0.2) is 9.69 Å². The molecule has 13 heteroatoms. The summed E-state index contributed by atoms with van der Waals surface area (Å²) in [5.74, 6) is -4.69. The van der Waals surface area contributed by atoms with E-state index < -0.39 is 52.2 Å². The molecular weight excluding hydrogens is 534 g/mol. The first-order valence-electron chi connectivity index (χ1n) is 12.8. The summed E-state index contributed by atoms with van der Waals surface area (Å²) in [5.41, 5.74) is 3.52. The lowest BCUT2D eigenvalue weighted by atomic mass is 9.76. The number of methoxy groups -OCH3 is 1. The number of primary amides is 1. The number of nitro groups is 1. The van der Waals surface area contributed by atoms with Gasteiger partial charge in [0.05, 0.1) is 29.6 Å². The number of carboxylic acids is 1. The summed E-state index contributed by atoms with van der Waals surface area (Å²) in [7, 11) is 1.52. The monoisotopic (exact) mass is 561 g/mol. The highest BCUT2D eigenvalue weighted by molar-refractivity contribution is 6.24. The molecule has 0 aromatic heterocycles. The van der Waals surface area contributed by atoms with Crippen molar-refractivity contribution in [1.29, 1.82) is 0 Å². The van der Waals surface area contributed by atoms with Crippen molar-refractivity contribution in [2.75, 3.05) is 18.6 Å². The van der Waals surface area contributed by atoms with Crippen LogP contribution in [0.5, 0.6) is 5.75 Å². The average molecular weight is 562 g/mol. The predicted molar refractivity (Wildman–Crippen MR) is 146 cm³/mol. The molecule has 2 aliphatic heterocycles. The molecule has 3 aromatic rings. The maximum Gasteiger partial charge on any atom is 0.324 e. The number of hydrogen-bond donors (Lipinski definition) is 4. The number of fused-ring (bicyclic) bond motifs is 2. The lowest BCUT2D eigenvalue weighted by molar-refractivity contribution is -0.384. The van der Waals surface area contributed by atoms with Gasteiger partial charge in [-0.3, -0.25) is 29.8 Å². The van der Waals surface area contributed by atoms with E-state index in [-0.39, 0.29) is 30.8 Å². The smallest absolute Gasteiger partial charge is 0.324 e. The van der Waals surface area contributed by atoms with Crippen LogP contribution in [0.25, 0.3) is 10.8 Å². The fraction of sp³-hybridized carbons (Fsp3) is 0.286. The fourth-order valence-corrected chi connectivity index (χ4v) is 6.13. The van der Waals surface area contributed by atoms with Crippen LogP contribution in [-0.4, -0.2) is 53.0 Å². The van der Waals surface area contributed by atoms with Gasteiger partial charge in [-0.05, 0) is 35.9 Å². The third-order valence-electron chi connectivity index (χ3n) is 7.85. The third-order valence-corrected chi connectivity index (χ3v) is 7.85. The summed E-state index contributed by atoms with van der Waals surface area (Å²) in [5, 5.41) is 29.0. The number of carbonyl (C=O) groups excluding carboxylic acids is 3. The normalized spacial score (nSPS) is 23.4. The summed E-state index contributed by atoms with van der Waals surface area (Å²) >= 11 is 0. The van der Waals surface area contributed by atoms with Crippen LogP contribution in [0.2, 0.25) is 0 Å². The number of ether oxygens (including phenoxy) is 1. The number of nitrogens with one attached hydrogen (secondary N) is 2. The summed E-state index contributed by atoms with van der Waals surface area (Å²) in [6.07, 6.45) is 0.0238. The number of amides is 4. The van der Waals surface area contributed by atoms with Crippen molar-refractivity contribution in [2.45, 2.75) is 24.4 Å². The zero-order valence-electron chi connectivity index (χ0n) is 21.9. The number of hydrogen-bond acceptors (Lipinski definition) is 8. The molecule has 5 N–H and O–H groups in total. The number of non-ortho nitro benzene ring substituents is 1. The Labute approximate surface area is 233 Å². The number of rotatable bonds is 9. The van der Waals surface area contributed by atoms with Crippen molar-refractivity contribution < 1.29 is 33.9 Å². The van der Waals surface area contributed by atoms with Gasteiger partial charge in [0.15, 0.2) is 0 Å². The van der Waals surface area contributed by atoms with Crippen molar-refractivity contribution in [3.05, 3.63) is 76.3 Å². The first-order chi connectivity index (χ1) is 19.6. The summed E-state index contributed by atoms with van der Waals surface area (Å²) in [6.45, 7) is 0.0519. The van der Waals surface area contributed by atoms with Crippen LogP contribution in [0.3, 0.4) is 0 Å². The minimum absolute atomic E-state index is 0.0170. The van der Waals surface area contributed by atoms with Crippen LogP contribution in [0, 0.1) is 22.0 Å². The van der Waals surface area contributed by atoms with Crippen LogP contribution < -0.4 is 26.0 Å². The molecule has 0 bridgehead atoms. The Hall–Kier alpha value is -5.04. The SMILES string of the molecule is COc1ccc(C2NC(CCCNC(N)=O)(C(=O)O)C3C(=O)N(c4cccc([N+](=O)[O-])c4)C(=O)C23)c2ccccc12. The van der Waals surface area contributed by atoms with Gasteiger partial charge < -0.3 is 20.9 Å². The Bertz CT molecular complexity index is 1590. The summed E-state index contributed by atoms with van der Waals surface area (Å²) in [4.78, 5) is 63.9. The second-order valence-electron chi connectivity index (χ2n) is 9.99. The molecule has 0 spiro atoms. The molecule has 4 unspecified atom stereocenters. The lowest BCUT2D eigenvalue weighted by Gasteiger charge is -2.31. The van der Waals surface area contributed by atoms with Gasteiger partial charge in [-0.1, -0.05) is 36.4 Å². The molecule has 2 fully saturated rings. The van der Waals surface area contributed by atoms with Crippen LogP contribution in [0.1, 0.15) is 24.4 Å². The number of imide groups is 1. The zero-order valence-corrected chi connectivity index (χ0v) is 21.9. The molecule has 0 aliphatic carbocycles. The van der Waals surface area contributed by atoms with Crippen molar-refractivity contribution in [1.82, 2.24) is 10.6 Å². The van der Waals surface area contributed by atoms with Gasteiger partial charge in [-0.2, -0.15) is 0 Å². The Kier molecular flexibility index (Phi) is 7.05. The maximum absolute atomic E-state index is 14.1. The molecule has 0 radical (unpaired) electrons. The van der Waals surface area contributed by atoms with Crippen LogP contribution >= 0.6 is 0 Å². The number of nitrogens with zero attached hydrogens (tertiary/aromatic N) is 2. The highest BCUT2D eigenvalue weighted by Crippen LogP contribution is 2.52. The van der Waals surface area contributed by atoms with Gasteiger partial charge in [0.1, 0.15) is 11.3 Å². The van der Waals surface area contributed by atoms with Gasteiger partial charge in [0, 0.05) is 30.1 Å². The molecule has 41 heavy (non-hydrogen) atoms. The van der Waals surface area contributed by atoms with Crippen LogP contribution in [0.15, 0.2) is 60.7 Å². The van der Waals surface area contributed by atoms with Crippen molar-refractivity contribution in [3.63, 3.8) is 0 Å². The highest BCUT2D eigenvalue weighted by atomic mass is 16.6. The molecule has 212 valence electrons. The van der Waals surface area contributed by atoms with E-state index in [4.69, 9.17) is 10.5 Å². The molecular formula is C28H27N5O8. The molecule has 2 heterocycles. The summed E-state index contributed by atoms with van der Waals surface area (Å²) in [6, 6.07) is 14.1. The Morgan fingerprint density at radius 3 is 2.51 bits per heavy atom. The van der Waals surface area contributed by atoms with Crippen molar-refractivity contribution >= 4 is 46.0 Å². The fourth-order valence-electron chi connectivity index (χ4n) is 6.13. The molecule has 0 saturated carbocycles. The molecule has 5 rings (SSSR count). The molecule has 13 nitrogen and oxygen atoms in total. The second-order valence-corrected chi connectivity index (χ2v) is 9.99. The molecule has 2 aliphatic rings. The van der Waals surface area contributed by atoms with Gasteiger partial charge in [0.25, 0.3) is 5.69 Å². The van der Waals surface area contributed by atoms with E-state index in [0.717, 1.165) is 16.4 Å². The zero-order chi connectivity index (χ0) is 29.5. The molecule has 4 atom stereocenters. The lowest BCUT2D eigenvalue weighted by Crippen LogP contribution is -2.56. The summed E-state index contributed by atoms with van der Waals surface area (Å²) < 4.78 is 5.50. The quantitative estimate of drug-likeness (QED) is 0.131. The van der Waals surface area contributed by atoms with Gasteiger partial charge >= 0.3 is 12.0 Å². The van der Waals surface area contributed by atoms with Crippen molar-refractivity contribution in [3.8, 4) is 5.75 Å². The number of aliphatic carboxylic acids is 1. The minimum Gasteiger partial charge on any atom is -0.496 e. The van der Waals surface area contributed by atoms with E-state index in [0.29, 0.717) is 16.7 Å². The average Bonchev–Trinajstić information content (AvgIpc) is 3.44. The minimum atomic E-state index is -1.89. The Morgan fingerprint density at radius 1 is 1.12 bits per heavy atom. The van der Waals surface area contributed by atoms with E-state index in [1.54, 1.807) is 18.2 Å². The topological polar surface area (TPSA) is 194 Å². The number of urea groups is 1. The van der Waals surface area contributed by atoms with E-state index >= 15 is 0 Å². The number of benzene rings is 3. The number of nitrogens with two attached hydrogens (primary N) is 1. The third kappa shape index (κ3) is 4.49. The van der Waals surface area contributed by atoms with Crippen LogP contribution in [-0.2, 0) is 14.4 Å². The molecule has 4 amide bonds. The standard InChI is InChI=1S/C28H27N5O8/c1-41-20-11-10-19(17-8-2-3-9-18(17)20)23-21-22(28(31-23,26(36)37)12-5-13-30-27(29)38)25(35)32(24(21)34)15-6-4-7-16(14-15)33(39)40/h2-4,6-11,14,21-23,31H,5,12-13H2,1H3,(H,36,37)(H3,29,30,38). The maximum atomic E-state index is 14.1. The van der Waals surface area contributed by atoms with Crippen LogP contribution in [0.4, 0.5) is 16.2 Å². The molecule has 3 aromatic carbocycles. The highest BCUT2D eigenvalue weighted by Gasteiger charge is 2.68. The van der Waals surface area contributed by atoms with E-state index in [9.17, 15) is 34.4 Å². The van der Waals surface area contributed by atoms with E-state index in [1.807, 2.05) is 18.2 Å². The second kappa shape index (κ2) is 10.5. The predicted octanol–water partition coefficient (Wildman–Crippen LogP) is 2.48. The Balaban J connectivity index is 1.66. The van der Waals surface area contributed by atoms with Crippen molar-refractivity contribution in [2.24, 2.45) is 17.6 Å². The van der Waals surface area contributed by atoms with Gasteiger partial charge in [0.2, 0.25) is 11.8 Å². The number of carboxylic acid groups (broad SMARTS) is 1. The first-order valence-corrected chi connectivity index (χ1v) is 12.8. The number of nitro benzene ring substituents is 1. The van der Waals surface area contributed by atoms with Gasteiger partial charge in [-0.15, -0.1) is 0 Å². The number of carbonyl (C=O) groups is 4. The van der Waals surface area contributed by atoms with E-state index in [1.165, 1.54) is 25.3 Å². The first kappa shape index (κ1) is 27.5.